The van der Waals surface area contributed by atoms with Crippen molar-refractivity contribution in [3.05, 3.63) is 71.4 Å². The number of carbonyl (C=O) groups excluding carboxylic acids is 2. The number of para-hydroxylation sites is 1. The predicted octanol–water partition coefficient (Wildman–Crippen LogP) is 4.32. The van der Waals surface area contributed by atoms with Crippen LogP contribution in [-0.2, 0) is 4.79 Å². The Labute approximate surface area is 192 Å². The monoisotopic (exact) mass is 448 g/mol. The number of halogens is 1. The smallest absolute Gasteiger partial charge is 0.257 e. The fraction of sp³-hybridized carbons (Fsp3) is 0.320. The Bertz CT molecular complexity index is 1120. The van der Waals surface area contributed by atoms with Gasteiger partial charge in [0.25, 0.3) is 5.91 Å². The Morgan fingerprint density at radius 2 is 1.75 bits per heavy atom. The van der Waals surface area contributed by atoms with Crippen molar-refractivity contribution in [3.8, 4) is 16.9 Å². The van der Waals surface area contributed by atoms with E-state index in [-0.39, 0.29) is 17.7 Å². The van der Waals surface area contributed by atoms with Gasteiger partial charge >= 0.3 is 0 Å². The highest BCUT2D eigenvalue weighted by Crippen LogP contribution is 2.28. The van der Waals surface area contributed by atoms with E-state index in [4.69, 9.17) is 16.7 Å². The van der Waals surface area contributed by atoms with Gasteiger partial charge in [0, 0.05) is 35.9 Å². The van der Waals surface area contributed by atoms with Crippen LogP contribution in [0.2, 0.25) is 5.02 Å². The molecule has 2 aromatic carbocycles. The molecule has 1 saturated carbocycles. The zero-order chi connectivity index (χ0) is 22.1. The van der Waals surface area contributed by atoms with Crippen molar-refractivity contribution in [2.45, 2.75) is 31.7 Å². The molecule has 2 amide bonds. The fourth-order valence-electron chi connectivity index (χ4n) is 4.16. The minimum Gasteiger partial charge on any atom is -0.353 e. The molecule has 2 aliphatic rings. The number of hydrogen-bond donors (Lipinski definition) is 1. The van der Waals surface area contributed by atoms with Gasteiger partial charge in [0.15, 0.2) is 0 Å². The first-order chi connectivity index (χ1) is 15.6. The van der Waals surface area contributed by atoms with Crippen molar-refractivity contribution in [1.82, 2.24) is 20.0 Å². The van der Waals surface area contributed by atoms with E-state index in [0.29, 0.717) is 35.4 Å². The van der Waals surface area contributed by atoms with E-state index in [0.717, 1.165) is 36.9 Å². The number of hydrogen-bond acceptors (Lipinski definition) is 3. The number of rotatable bonds is 5. The summed E-state index contributed by atoms with van der Waals surface area (Å²) in [5, 5.41) is 8.46. The first kappa shape index (κ1) is 20.8. The number of carbonyl (C=O) groups is 2. The molecule has 0 radical (unpaired) electrons. The van der Waals surface area contributed by atoms with Crippen molar-refractivity contribution >= 4 is 23.4 Å². The lowest BCUT2D eigenvalue weighted by Crippen LogP contribution is -2.45. The molecule has 5 rings (SSSR count). The van der Waals surface area contributed by atoms with E-state index in [2.05, 4.69) is 5.32 Å². The van der Waals surface area contributed by atoms with E-state index in [1.54, 1.807) is 27.9 Å². The highest BCUT2D eigenvalue weighted by atomic mass is 35.5. The van der Waals surface area contributed by atoms with E-state index < -0.39 is 0 Å². The van der Waals surface area contributed by atoms with Gasteiger partial charge in [-0.2, -0.15) is 5.10 Å². The third-order valence-corrected chi connectivity index (χ3v) is 6.34. The lowest BCUT2D eigenvalue weighted by molar-refractivity contribution is -0.126. The number of aromatic nitrogens is 2. The highest BCUT2D eigenvalue weighted by molar-refractivity contribution is 6.30. The molecule has 1 aliphatic carbocycles. The summed E-state index contributed by atoms with van der Waals surface area (Å²) < 4.78 is 1.73. The minimum absolute atomic E-state index is 0.0721. The molecule has 6 nitrogen and oxygen atoms in total. The molecule has 2 fully saturated rings. The third-order valence-electron chi connectivity index (χ3n) is 6.09. The van der Waals surface area contributed by atoms with Crippen LogP contribution in [0.5, 0.6) is 0 Å². The van der Waals surface area contributed by atoms with Crippen LogP contribution >= 0.6 is 11.6 Å². The zero-order valence-electron chi connectivity index (χ0n) is 17.7. The number of nitrogens with zero attached hydrogens (tertiary/aromatic N) is 3. The van der Waals surface area contributed by atoms with Crippen LogP contribution in [0.15, 0.2) is 60.8 Å². The van der Waals surface area contributed by atoms with Gasteiger partial charge in [0.2, 0.25) is 5.91 Å². The van der Waals surface area contributed by atoms with Crippen LogP contribution in [0.25, 0.3) is 16.9 Å². The average molecular weight is 449 g/mol. The Hall–Kier alpha value is -3.12. The maximum atomic E-state index is 13.6. The number of nitrogens with one attached hydrogen (secondary N) is 1. The van der Waals surface area contributed by atoms with Gasteiger partial charge in [-0.15, -0.1) is 0 Å². The topological polar surface area (TPSA) is 67.2 Å². The van der Waals surface area contributed by atoms with E-state index >= 15 is 0 Å². The molecule has 7 heteroatoms. The Balaban J connectivity index is 1.45. The second kappa shape index (κ2) is 8.79. The maximum absolute atomic E-state index is 13.6. The van der Waals surface area contributed by atoms with Crippen LogP contribution in [0, 0.1) is 5.92 Å². The SMILES string of the molecule is O=C(NC1CC1)C1CCCN(C(=O)c2cn(-c3ccccc3)nc2-c2ccc(Cl)cc2)C1. The normalized spacial score (nSPS) is 18.4. The number of piperidine rings is 1. The van der Waals surface area contributed by atoms with E-state index in [9.17, 15) is 9.59 Å². The molecule has 0 bridgehead atoms. The highest BCUT2D eigenvalue weighted by Gasteiger charge is 2.33. The standard InChI is InChI=1S/C25H25ClN4O2/c26-19-10-8-17(9-11-19)23-22(16-30(28-23)21-6-2-1-3-7-21)25(32)29-14-4-5-18(15-29)24(31)27-20-12-13-20/h1-3,6-11,16,18,20H,4-5,12-15H2,(H,27,31). The summed E-state index contributed by atoms with van der Waals surface area (Å²) in [6, 6.07) is 17.4. The van der Waals surface area contributed by atoms with Crippen LogP contribution in [0.4, 0.5) is 0 Å². The maximum Gasteiger partial charge on any atom is 0.257 e. The van der Waals surface area contributed by atoms with Crippen LogP contribution < -0.4 is 5.32 Å². The second-order valence-electron chi connectivity index (χ2n) is 8.55. The molecule has 1 aromatic heterocycles. The molecule has 32 heavy (non-hydrogen) atoms. The Kier molecular flexibility index (Phi) is 5.70. The van der Waals surface area contributed by atoms with E-state index in [1.165, 1.54) is 0 Å². The molecule has 0 spiro atoms. The van der Waals surface area contributed by atoms with E-state index in [1.807, 2.05) is 42.5 Å². The van der Waals surface area contributed by atoms with Crippen LogP contribution in [-0.4, -0.2) is 45.6 Å². The lowest BCUT2D eigenvalue weighted by atomic mass is 9.96. The van der Waals surface area contributed by atoms with Crippen LogP contribution in [0.1, 0.15) is 36.0 Å². The first-order valence-corrected chi connectivity index (χ1v) is 11.5. The Morgan fingerprint density at radius 1 is 1.00 bits per heavy atom. The van der Waals surface area contributed by atoms with Gasteiger partial charge in [-0.05, 0) is 49.9 Å². The van der Waals surface area contributed by atoms with Gasteiger partial charge < -0.3 is 10.2 Å². The van der Waals surface area contributed by atoms with Gasteiger partial charge in [-0.3, -0.25) is 9.59 Å². The molecular formula is C25H25ClN4O2. The molecule has 1 atom stereocenters. The molecule has 164 valence electrons. The van der Waals surface area contributed by atoms with Crippen molar-refractivity contribution in [2.24, 2.45) is 5.92 Å². The number of benzene rings is 2. The minimum atomic E-state index is -0.156. The van der Waals surface area contributed by atoms with Gasteiger partial charge in [0.05, 0.1) is 17.2 Å². The summed E-state index contributed by atoms with van der Waals surface area (Å²) in [5.74, 6) is -0.180. The third kappa shape index (κ3) is 4.41. The Morgan fingerprint density at radius 3 is 2.47 bits per heavy atom. The molecule has 1 saturated heterocycles. The number of amides is 2. The summed E-state index contributed by atoms with van der Waals surface area (Å²) in [7, 11) is 0. The molecule has 1 N–H and O–H groups in total. The molecule has 3 aromatic rings. The van der Waals surface area contributed by atoms with Gasteiger partial charge in [-0.1, -0.05) is 41.9 Å². The van der Waals surface area contributed by atoms with Gasteiger partial charge in [-0.25, -0.2) is 4.68 Å². The molecule has 2 heterocycles. The fourth-order valence-corrected chi connectivity index (χ4v) is 4.28. The summed E-state index contributed by atoms with van der Waals surface area (Å²) in [4.78, 5) is 28.0. The zero-order valence-corrected chi connectivity index (χ0v) is 18.5. The molecular weight excluding hydrogens is 424 g/mol. The largest absolute Gasteiger partial charge is 0.353 e. The quantitative estimate of drug-likeness (QED) is 0.632. The lowest BCUT2D eigenvalue weighted by Gasteiger charge is -2.32. The predicted molar refractivity (Wildman–Crippen MR) is 124 cm³/mol. The van der Waals surface area contributed by atoms with Crippen molar-refractivity contribution in [3.63, 3.8) is 0 Å². The van der Waals surface area contributed by atoms with Crippen molar-refractivity contribution in [1.29, 1.82) is 0 Å². The summed E-state index contributed by atoms with van der Waals surface area (Å²) in [6.45, 7) is 1.08. The first-order valence-electron chi connectivity index (χ1n) is 11.1. The number of likely N-dealkylation sites (tertiary alicyclic amines) is 1. The van der Waals surface area contributed by atoms with Crippen molar-refractivity contribution in [2.75, 3.05) is 13.1 Å². The second-order valence-corrected chi connectivity index (χ2v) is 8.99. The summed E-state index contributed by atoms with van der Waals surface area (Å²) in [5.41, 5.74) is 2.84. The van der Waals surface area contributed by atoms with Crippen molar-refractivity contribution < 1.29 is 9.59 Å². The average Bonchev–Trinajstić information content (AvgIpc) is 3.54. The molecule has 1 unspecified atom stereocenters. The summed E-state index contributed by atoms with van der Waals surface area (Å²) in [6.07, 6.45) is 5.54. The summed E-state index contributed by atoms with van der Waals surface area (Å²) >= 11 is 6.07. The molecule has 1 aliphatic heterocycles. The van der Waals surface area contributed by atoms with Gasteiger partial charge in [0.1, 0.15) is 5.69 Å². The van der Waals surface area contributed by atoms with Crippen LogP contribution in [0.3, 0.4) is 0 Å².